The predicted molar refractivity (Wildman–Crippen MR) is 127 cm³/mol. The minimum Gasteiger partial charge on any atom is -0.369 e. The van der Waals surface area contributed by atoms with Gasteiger partial charge in [-0.3, -0.25) is 9.69 Å². The first kappa shape index (κ1) is 23.9. The van der Waals surface area contributed by atoms with Crippen molar-refractivity contribution >= 4 is 35.0 Å². The molecule has 2 heterocycles. The minimum atomic E-state index is -4.40. The SMILES string of the molecule is CN1C(=O)C(c2ccc(SC(F)(F)F)cc2)[C@@](C)(c2cc(-c3cccc(C#N)c3)cs2)N=C1N. The summed E-state index contributed by atoms with van der Waals surface area (Å²) < 4.78 is 38.2. The number of carbonyl (C=O) groups excluding carboxylic acids is 1. The van der Waals surface area contributed by atoms with Crippen molar-refractivity contribution in [2.24, 2.45) is 10.7 Å². The molecule has 0 aliphatic carbocycles. The highest BCUT2D eigenvalue weighted by atomic mass is 32.2. The van der Waals surface area contributed by atoms with Gasteiger partial charge in [-0.05, 0) is 71.1 Å². The molecule has 1 aliphatic rings. The smallest absolute Gasteiger partial charge is 0.369 e. The van der Waals surface area contributed by atoms with Crippen LogP contribution in [0.4, 0.5) is 13.2 Å². The fourth-order valence-electron chi connectivity index (χ4n) is 3.97. The van der Waals surface area contributed by atoms with Gasteiger partial charge in [-0.2, -0.15) is 18.4 Å². The second kappa shape index (κ2) is 8.81. The van der Waals surface area contributed by atoms with Crippen LogP contribution in [-0.2, 0) is 10.3 Å². The van der Waals surface area contributed by atoms with Crippen LogP contribution in [0, 0.1) is 11.3 Å². The van der Waals surface area contributed by atoms with Gasteiger partial charge in [0.2, 0.25) is 5.91 Å². The number of alkyl halides is 3. The van der Waals surface area contributed by atoms with Gasteiger partial charge in [0, 0.05) is 16.8 Å². The van der Waals surface area contributed by atoms with E-state index in [-0.39, 0.29) is 28.5 Å². The summed E-state index contributed by atoms with van der Waals surface area (Å²) in [5.74, 6) is -1.02. The highest BCUT2D eigenvalue weighted by Gasteiger charge is 2.48. The van der Waals surface area contributed by atoms with Gasteiger partial charge in [-0.25, -0.2) is 4.99 Å². The van der Waals surface area contributed by atoms with Crippen LogP contribution in [0.1, 0.15) is 28.8 Å². The van der Waals surface area contributed by atoms with Crippen molar-refractivity contribution in [3.63, 3.8) is 0 Å². The van der Waals surface area contributed by atoms with E-state index in [1.807, 2.05) is 17.5 Å². The molecule has 1 aromatic heterocycles. The van der Waals surface area contributed by atoms with Gasteiger partial charge in [0.15, 0.2) is 5.96 Å². The topological polar surface area (TPSA) is 82.5 Å². The molecule has 10 heteroatoms. The number of hydrogen-bond acceptors (Lipinski definition) is 6. The lowest BCUT2D eigenvalue weighted by atomic mass is 9.77. The number of nitrogens with two attached hydrogens (primary N) is 1. The largest absolute Gasteiger partial charge is 0.446 e. The molecule has 5 nitrogen and oxygen atoms in total. The Hall–Kier alpha value is -3.29. The number of carbonyl (C=O) groups is 1. The molecule has 2 aromatic carbocycles. The number of thioether (sulfide) groups is 1. The van der Waals surface area contributed by atoms with Crippen molar-refractivity contribution in [2.75, 3.05) is 7.05 Å². The van der Waals surface area contributed by atoms with E-state index in [9.17, 15) is 23.2 Å². The van der Waals surface area contributed by atoms with Crippen molar-refractivity contribution in [2.45, 2.75) is 28.8 Å². The van der Waals surface area contributed by atoms with Crippen LogP contribution in [0.2, 0.25) is 0 Å². The van der Waals surface area contributed by atoms with Crippen LogP contribution < -0.4 is 5.73 Å². The molecule has 34 heavy (non-hydrogen) atoms. The Morgan fingerprint density at radius 3 is 2.53 bits per heavy atom. The molecule has 2 atom stereocenters. The lowest BCUT2D eigenvalue weighted by molar-refractivity contribution is -0.130. The highest BCUT2D eigenvalue weighted by Crippen LogP contribution is 2.47. The first-order valence-electron chi connectivity index (χ1n) is 10.1. The van der Waals surface area contributed by atoms with E-state index in [1.54, 1.807) is 25.1 Å². The Balaban J connectivity index is 1.77. The molecule has 0 fully saturated rings. The van der Waals surface area contributed by atoms with Gasteiger partial charge in [0.1, 0.15) is 5.54 Å². The zero-order valence-corrected chi connectivity index (χ0v) is 19.8. The number of nitrogens with zero attached hydrogens (tertiary/aromatic N) is 3. The van der Waals surface area contributed by atoms with E-state index in [2.05, 4.69) is 11.1 Å². The van der Waals surface area contributed by atoms with E-state index in [0.717, 1.165) is 16.0 Å². The maximum atomic E-state index is 13.3. The second-order valence-electron chi connectivity index (χ2n) is 7.96. The van der Waals surface area contributed by atoms with E-state index in [1.165, 1.54) is 47.5 Å². The zero-order chi connectivity index (χ0) is 24.7. The van der Waals surface area contributed by atoms with Crippen molar-refractivity contribution in [3.05, 3.63) is 76.0 Å². The first-order valence-corrected chi connectivity index (χ1v) is 11.8. The molecule has 0 saturated heterocycles. The van der Waals surface area contributed by atoms with Gasteiger partial charge in [-0.1, -0.05) is 24.3 Å². The van der Waals surface area contributed by atoms with E-state index in [4.69, 9.17) is 5.73 Å². The molecule has 0 bridgehead atoms. The summed E-state index contributed by atoms with van der Waals surface area (Å²) in [5.41, 5.74) is 3.40. The Morgan fingerprint density at radius 2 is 1.88 bits per heavy atom. The van der Waals surface area contributed by atoms with Crippen LogP contribution in [0.3, 0.4) is 0 Å². The maximum absolute atomic E-state index is 13.3. The van der Waals surface area contributed by atoms with Crippen molar-refractivity contribution < 1.29 is 18.0 Å². The lowest BCUT2D eigenvalue weighted by Gasteiger charge is -2.40. The summed E-state index contributed by atoms with van der Waals surface area (Å²) in [6.07, 6.45) is 0. The molecule has 0 spiro atoms. The molecule has 0 radical (unpaired) electrons. The van der Waals surface area contributed by atoms with Crippen LogP contribution >= 0.6 is 23.1 Å². The molecule has 1 aliphatic heterocycles. The number of nitriles is 1. The molecule has 3 aromatic rings. The molecule has 2 N–H and O–H groups in total. The highest BCUT2D eigenvalue weighted by molar-refractivity contribution is 8.00. The Bertz CT molecular complexity index is 1310. The predicted octanol–water partition coefficient (Wildman–Crippen LogP) is 5.68. The van der Waals surface area contributed by atoms with Crippen LogP contribution in [0.25, 0.3) is 11.1 Å². The molecular formula is C24H19F3N4OS2. The normalized spacial score (nSPS) is 20.7. The number of hydrogen-bond donors (Lipinski definition) is 1. The molecule has 1 amide bonds. The van der Waals surface area contributed by atoms with Crippen LogP contribution in [0.5, 0.6) is 0 Å². The van der Waals surface area contributed by atoms with Gasteiger partial charge >= 0.3 is 5.51 Å². The first-order chi connectivity index (χ1) is 16.0. The molecule has 1 unspecified atom stereocenters. The molecular weight excluding hydrogens is 481 g/mol. The number of halogens is 3. The monoisotopic (exact) mass is 500 g/mol. The summed E-state index contributed by atoms with van der Waals surface area (Å²) in [7, 11) is 1.52. The summed E-state index contributed by atoms with van der Waals surface area (Å²) >= 11 is 1.20. The van der Waals surface area contributed by atoms with Gasteiger partial charge in [0.05, 0.1) is 17.6 Å². The third-order valence-electron chi connectivity index (χ3n) is 5.70. The van der Waals surface area contributed by atoms with Crippen molar-refractivity contribution in [1.82, 2.24) is 4.90 Å². The number of thiophene rings is 1. The third-order valence-corrected chi connectivity index (χ3v) is 7.60. The molecule has 4 rings (SSSR count). The summed E-state index contributed by atoms with van der Waals surface area (Å²) in [6, 6.07) is 17.0. The van der Waals surface area contributed by atoms with E-state index >= 15 is 0 Å². The maximum Gasteiger partial charge on any atom is 0.446 e. The zero-order valence-electron chi connectivity index (χ0n) is 18.1. The average molecular weight is 501 g/mol. The number of guanidine groups is 1. The second-order valence-corrected chi connectivity index (χ2v) is 10.0. The van der Waals surface area contributed by atoms with E-state index in [0.29, 0.717) is 11.1 Å². The summed E-state index contributed by atoms with van der Waals surface area (Å²) in [4.78, 5) is 20.1. The minimum absolute atomic E-state index is 0.0355. The van der Waals surface area contributed by atoms with Crippen molar-refractivity contribution in [3.8, 4) is 17.2 Å². The fourth-order valence-corrected chi connectivity index (χ4v) is 5.57. The summed E-state index contributed by atoms with van der Waals surface area (Å²) in [5, 5.41) is 11.1. The van der Waals surface area contributed by atoms with Gasteiger partial charge in [0.25, 0.3) is 0 Å². The number of benzene rings is 2. The Labute approximate surface area is 202 Å². The number of aliphatic imine (C=N–C) groups is 1. The van der Waals surface area contributed by atoms with Crippen LogP contribution in [0.15, 0.2) is 69.9 Å². The number of rotatable bonds is 4. The molecule has 0 saturated carbocycles. The number of amides is 1. The lowest BCUT2D eigenvalue weighted by Crippen LogP contribution is -2.52. The van der Waals surface area contributed by atoms with Gasteiger partial charge in [-0.15, -0.1) is 11.3 Å². The fraction of sp³-hybridized carbons (Fsp3) is 0.208. The summed E-state index contributed by atoms with van der Waals surface area (Å²) in [6.45, 7) is 1.80. The third kappa shape index (κ3) is 4.54. The average Bonchev–Trinajstić information content (AvgIpc) is 3.29. The van der Waals surface area contributed by atoms with E-state index < -0.39 is 17.0 Å². The molecule has 174 valence electrons. The quantitative estimate of drug-likeness (QED) is 0.467. The standard InChI is InChI=1S/C24H19F3N4OS2/c1-23(19-11-17(13-33-19)16-5-3-4-14(10-16)12-28)20(21(32)31(2)22(29)30-23)15-6-8-18(9-7-15)34-24(25,26)27/h3-11,13,20H,1-2H3,(H2,29,30)/t20?,23-/m1/s1. The van der Waals surface area contributed by atoms with Crippen LogP contribution in [-0.4, -0.2) is 29.3 Å². The van der Waals surface area contributed by atoms with Gasteiger partial charge < -0.3 is 5.73 Å². The Morgan fingerprint density at radius 1 is 1.18 bits per heavy atom. The Kier molecular flexibility index (Phi) is 6.18. The van der Waals surface area contributed by atoms with Crippen molar-refractivity contribution in [1.29, 1.82) is 5.26 Å². The number of likely N-dealkylation sites (N-methyl/N-ethyl adjacent to an activating group) is 1.